The number of benzene rings is 2. The van der Waals surface area contributed by atoms with Gasteiger partial charge in [0.2, 0.25) is 0 Å². The molecule has 1 aliphatic heterocycles. The second kappa shape index (κ2) is 10.7. The zero-order valence-corrected chi connectivity index (χ0v) is 21.8. The summed E-state index contributed by atoms with van der Waals surface area (Å²) in [5.74, 6) is -1.87. The smallest absolute Gasteiger partial charge is 0.256 e. The number of fused-ring (bicyclic) bond motifs is 1. The van der Waals surface area contributed by atoms with Gasteiger partial charge in [0.1, 0.15) is 5.82 Å². The number of aromatic nitrogens is 4. The number of sulfone groups is 1. The summed E-state index contributed by atoms with van der Waals surface area (Å²) in [7, 11) is -3.91. The third kappa shape index (κ3) is 5.65. The molecule has 0 saturated heterocycles. The molecule has 2 aromatic heterocycles. The summed E-state index contributed by atoms with van der Waals surface area (Å²) in [6, 6.07) is 11.7. The van der Waals surface area contributed by atoms with Gasteiger partial charge in [-0.05, 0) is 49.8 Å². The van der Waals surface area contributed by atoms with Crippen LogP contribution in [0.4, 0.5) is 10.1 Å². The monoisotopic (exact) mass is 548 g/mol. The standard InChI is InChI=1S/C27H25FN6O4S/c1-17-13-22(26(35)29-9-4-11-34-12-10-30-33-34)25(31-17)15-21-20-14-19(7-8-24(20)32-27(21)36)39(37,38)16-18-5-2-3-6-23(18)28/h2-3,5-8,10,12-15,31H,4,9,11,16H2,1H3,(H,29,35)(H,32,36)/b21-15-. The molecule has 0 fully saturated rings. The van der Waals surface area contributed by atoms with Crippen LogP contribution in [0.15, 0.2) is 65.8 Å². The van der Waals surface area contributed by atoms with Crippen molar-refractivity contribution in [3.05, 3.63) is 94.8 Å². The van der Waals surface area contributed by atoms with Gasteiger partial charge in [-0.15, -0.1) is 5.10 Å². The minimum absolute atomic E-state index is 0.0417. The van der Waals surface area contributed by atoms with Crippen LogP contribution in [0.3, 0.4) is 0 Å². The quantitative estimate of drug-likeness (QED) is 0.217. The number of aromatic amines is 1. The first-order valence-electron chi connectivity index (χ1n) is 12.2. The number of carbonyl (C=O) groups is 2. The third-order valence-corrected chi connectivity index (χ3v) is 7.94. The van der Waals surface area contributed by atoms with Gasteiger partial charge in [-0.25, -0.2) is 12.8 Å². The van der Waals surface area contributed by atoms with Crippen molar-refractivity contribution in [2.45, 2.75) is 30.5 Å². The van der Waals surface area contributed by atoms with Crippen LogP contribution in [0.25, 0.3) is 11.6 Å². The maximum Gasteiger partial charge on any atom is 0.256 e. The zero-order chi connectivity index (χ0) is 27.6. The number of aryl methyl sites for hydroxylation is 2. The highest BCUT2D eigenvalue weighted by molar-refractivity contribution is 7.90. The van der Waals surface area contributed by atoms with E-state index in [0.717, 1.165) is 5.69 Å². The van der Waals surface area contributed by atoms with E-state index in [1.807, 2.05) is 0 Å². The first kappa shape index (κ1) is 26.0. The van der Waals surface area contributed by atoms with Crippen LogP contribution >= 0.6 is 0 Å². The van der Waals surface area contributed by atoms with Crippen molar-refractivity contribution >= 4 is 39.0 Å². The maximum absolute atomic E-state index is 14.1. The Kier molecular flexibility index (Phi) is 7.11. The van der Waals surface area contributed by atoms with Crippen LogP contribution in [-0.4, -0.2) is 46.8 Å². The van der Waals surface area contributed by atoms with E-state index in [9.17, 15) is 22.4 Å². The van der Waals surface area contributed by atoms with Crippen LogP contribution in [0.1, 0.15) is 39.3 Å². The molecule has 2 aromatic carbocycles. The molecule has 0 bridgehead atoms. The van der Waals surface area contributed by atoms with Gasteiger partial charge in [0, 0.05) is 41.8 Å². The predicted molar refractivity (Wildman–Crippen MR) is 143 cm³/mol. The molecule has 3 heterocycles. The Hall–Kier alpha value is -4.58. The first-order chi connectivity index (χ1) is 18.7. The lowest BCUT2D eigenvalue weighted by atomic mass is 10.0. The fourth-order valence-electron chi connectivity index (χ4n) is 4.35. The molecule has 2 amide bonds. The van der Waals surface area contributed by atoms with Crippen molar-refractivity contribution in [3.63, 3.8) is 0 Å². The van der Waals surface area contributed by atoms with Gasteiger partial charge < -0.3 is 15.6 Å². The predicted octanol–water partition coefficient (Wildman–Crippen LogP) is 3.34. The average molecular weight is 549 g/mol. The lowest BCUT2D eigenvalue weighted by molar-refractivity contribution is -0.110. The maximum atomic E-state index is 14.1. The van der Waals surface area contributed by atoms with Gasteiger partial charge in [0.25, 0.3) is 11.8 Å². The zero-order valence-electron chi connectivity index (χ0n) is 20.9. The topological polar surface area (TPSA) is 139 Å². The highest BCUT2D eigenvalue weighted by atomic mass is 32.2. The molecule has 0 radical (unpaired) electrons. The number of rotatable bonds is 9. The van der Waals surface area contributed by atoms with Crippen molar-refractivity contribution in [2.24, 2.45) is 0 Å². The van der Waals surface area contributed by atoms with E-state index in [-0.39, 0.29) is 21.9 Å². The highest BCUT2D eigenvalue weighted by Gasteiger charge is 2.28. The normalized spacial score (nSPS) is 13.9. The number of hydrogen-bond acceptors (Lipinski definition) is 6. The van der Waals surface area contributed by atoms with Crippen molar-refractivity contribution < 1.29 is 22.4 Å². The van der Waals surface area contributed by atoms with Gasteiger partial charge in [-0.3, -0.25) is 14.3 Å². The Morgan fingerprint density at radius 2 is 2.00 bits per heavy atom. The van der Waals surface area contributed by atoms with E-state index in [2.05, 4.69) is 25.9 Å². The minimum Gasteiger partial charge on any atom is -0.358 e. The van der Waals surface area contributed by atoms with Gasteiger partial charge >= 0.3 is 0 Å². The van der Waals surface area contributed by atoms with Gasteiger partial charge in [-0.1, -0.05) is 23.4 Å². The van der Waals surface area contributed by atoms with Crippen molar-refractivity contribution in [1.29, 1.82) is 0 Å². The Labute approximate surface area is 223 Å². The SMILES string of the molecule is Cc1cc(C(=O)NCCCn2ccnn2)c(/C=C2\C(=O)Nc3ccc(S(=O)(=O)Cc4ccccc4F)cc32)[nH]1. The van der Waals surface area contributed by atoms with Gasteiger partial charge in [0.05, 0.1) is 33.7 Å². The molecule has 39 heavy (non-hydrogen) atoms. The molecule has 4 aromatic rings. The van der Waals surface area contributed by atoms with E-state index in [4.69, 9.17) is 0 Å². The number of nitrogens with one attached hydrogen (secondary N) is 3. The van der Waals surface area contributed by atoms with E-state index >= 15 is 0 Å². The fraction of sp³-hybridized carbons (Fsp3) is 0.185. The van der Waals surface area contributed by atoms with Crippen molar-refractivity contribution in [3.8, 4) is 0 Å². The summed E-state index contributed by atoms with van der Waals surface area (Å²) in [6.45, 7) is 2.80. The van der Waals surface area contributed by atoms with Crippen molar-refractivity contribution in [1.82, 2.24) is 25.3 Å². The summed E-state index contributed by atoms with van der Waals surface area (Å²) in [5.41, 5.74) is 2.56. The molecule has 3 N–H and O–H groups in total. The van der Waals surface area contributed by atoms with Crippen LogP contribution in [0.5, 0.6) is 0 Å². The molecule has 5 rings (SSSR count). The van der Waals surface area contributed by atoms with Crippen LogP contribution in [0, 0.1) is 12.7 Å². The summed E-state index contributed by atoms with van der Waals surface area (Å²) in [4.78, 5) is 28.8. The summed E-state index contributed by atoms with van der Waals surface area (Å²) < 4.78 is 42.0. The summed E-state index contributed by atoms with van der Waals surface area (Å²) in [6.07, 6.45) is 5.50. The Balaban J connectivity index is 1.38. The lowest BCUT2D eigenvalue weighted by Crippen LogP contribution is -2.25. The summed E-state index contributed by atoms with van der Waals surface area (Å²) in [5, 5.41) is 13.2. The number of amides is 2. The lowest BCUT2D eigenvalue weighted by Gasteiger charge is -2.08. The van der Waals surface area contributed by atoms with Crippen LogP contribution < -0.4 is 10.6 Å². The van der Waals surface area contributed by atoms with E-state index in [1.54, 1.807) is 36.1 Å². The van der Waals surface area contributed by atoms with E-state index in [1.165, 1.54) is 42.5 Å². The van der Waals surface area contributed by atoms with Crippen LogP contribution in [0.2, 0.25) is 0 Å². The summed E-state index contributed by atoms with van der Waals surface area (Å²) >= 11 is 0. The van der Waals surface area contributed by atoms with Crippen LogP contribution in [-0.2, 0) is 26.9 Å². The largest absolute Gasteiger partial charge is 0.358 e. The Morgan fingerprint density at radius 3 is 2.77 bits per heavy atom. The molecule has 10 nitrogen and oxygen atoms in total. The first-order valence-corrected chi connectivity index (χ1v) is 13.8. The molecule has 0 spiro atoms. The molecule has 1 aliphatic rings. The fourth-order valence-corrected chi connectivity index (χ4v) is 5.74. The van der Waals surface area contributed by atoms with E-state index in [0.29, 0.717) is 42.0 Å². The molecule has 12 heteroatoms. The Bertz CT molecular complexity index is 1690. The number of carbonyl (C=O) groups excluding carboxylic acids is 2. The molecule has 0 aliphatic carbocycles. The minimum atomic E-state index is -3.91. The average Bonchev–Trinajstić information content (AvgIpc) is 3.62. The van der Waals surface area contributed by atoms with Gasteiger partial charge in [-0.2, -0.15) is 0 Å². The van der Waals surface area contributed by atoms with Gasteiger partial charge in [0.15, 0.2) is 9.84 Å². The molecule has 0 saturated carbocycles. The number of hydrogen-bond donors (Lipinski definition) is 3. The molecule has 200 valence electrons. The number of H-pyrrole nitrogens is 1. The number of nitrogens with zero attached hydrogens (tertiary/aromatic N) is 3. The molecular formula is C27H25FN6O4S. The molecular weight excluding hydrogens is 523 g/mol. The number of anilines is 1. The third-order valence-electron chi connectivity index (χ3n) is 6.27. The second-order valence-corrected chi connectivity index (χ2v) is 11.1. The highest BCUT2D eigenvalue weighted by Crippen LogP contribution is 2.36. The second-order valence-electron chi connectivity index (χ2n) is 9.13. The Morgan fingerprint density at radius 1 is 1.18 bits per heavy atom. The molecule has 0 atom stereocenters. The number of halogens is 1. The molecule has 0 unspecified atom stereocenters. The van der Waals surface area contributed by atoms with E-state index < -0.39 is 27.3 Å². The van der Waals surface area contributed by atoms with Crippen molar-refractivity contribution in [2.75, 3.05) is 11.9 Å².